The fraction of sp³-hybridized carbons (Fsp3) is 0.158. The summed E-state index contributed by atoms with van der Waals surface area (Å²) in [5.74, 6) is -1.31. The number of amides is 1. The summed E-state index contributed by atoms with van der Waals surface area (Å²) in [6, 6.07) is 9.12. The SMILES string of the molecule is COc1cc(C=C(NC(C)=O)C(=O)O)cc(Br)c1OCc1ccc(F)cc1. The zero-order valence-electron chi connectivity index (χ0n) is 14.6. The predicted octanol–water partition coefficient (Wildman–Crippen LogP) is 3.74. The summed E-state index contributed by atoms with van der Waals surface area (Å²) >= 11 is 3.37. The molecule has 0 aromatic heterocycles. The third-order valence-electron chi connectivity index (χ3n) is 3.40. The fourth-order valence-electron chi connectivity index (χ4n) is 2.21. The minimum absolute atomic E-state index is 0.191. The Morgan fingerprint density at radius 1 is 1.26 bits per heavy atom. The maximum Gasteiger partial charge on any atom is 0.352 e. The highest BCUT2D eigenvalue weighted by molar-refractivity contribution is 9.10. The first kappa shape index (κ1) is 20.4. The van der Waals surface area contributed by atoms with Gasteiger partial charge in [0.2, 0.25) is 5.91 Å². The van der Waals surface area contributed by atoms with Crippen LogP contribution in [0.15, 0.2) is 46.6 Å². The lowest BCUT2D eigenvalue weighted by Gasteiger charge is -2.14. The van der Waals surface area contributed by atoms with E-state index in [9.17, 15) is 19.1 Å². The molecule has 2 N–H and O–H groups in total. The van der Waals surface area contributed by atoms with Crippen molar-refractivity contribution in [3.05, 3.63) is 63.5 Å². The molecule has 2 aromatic carbocycles. The lowest BCUT2D eigenvalue weighted by Crippen LogP contribution is -2.24. The number of rotatable bonds is 7. The van der Waals surface area contributed by atoms with Crippen LogP contribution in [0.5, 0.6) is 11.5 Å². The number of carbonyl (C=O) groups is 2. The molecule has 6 nitrogen and oxygen atoms in total. The van der Waals surface area contributed by atoms with Crippen LogP contribution in [0, 0.1) is 5.82 Å². The minimum atomic E-state index is -1.27. The number of nitrogens with one attached hydrogen (secondary N) is 1. The van der Waals surface area contributed by atoms with Gasteiger partial charge in [-0.05, 0) is 57.4 Å². The van der Waals surface area contributed by atoms with Gasteiger partial charge in [0, 0.05) is 6.92 Å². The van der Waals surface area contributed by atoms with Gasteiger partial charge in [0.15, 0.2) is 11.5 Å². The lowest BCUT2D eigenvalue weighted by molar-refractivity contribution is -0.134. The monoisotopic (exact) mass is 437 g/mol. The number of benzene rings is 2. The van der Waals surface area contributed by atoms with Gasteiger partial charge >= 0.3 is 5.97 Å². The number of hydrogen-bond acceptors (Lipinski definition) is 4. The number of carbonyl (C=O) groups excluding carboxylic acids is 1. The van der Waals surface area contributed by atoms with Gasteiger partial charge < -0.3 is 19.9 Å². The van der Waals surface area contributed by atoms with Crippen molar-refractivity contribution in [2.75, 3.05) is 7.11 Å². The van der Waals surface area contributed by atoms with E-state index in [0.29, 0.717) is 21.5 Å². The second-order valence-corrected chi connectivity index (χ2v) is 6.35. The van der Waals surface area contributed by atoms with Crippen LogP contribution in [-0.2, 0) is 16.2 Å². The maximum atomic E-state index is 13.0. The van der Waals surface area contributed by atoms with E-state index in [2.05, 4.69) is 21.2 Å². The Bertz CT molecular complexity index is 880. The molecule has 142 valence electrons. The molecule has 0 aliphatic heterocycles. The highest BCUT2D eigenvalue weighted by Crippen LogP contribution is 2.37. The van der Waals surface area contributed by atoms with Crippen molar-refractivity contribution < 1.29 is 28.6 Å². The molecule has 2 rings (SSSR count). The molecule has 0 aliphatic carbocycles. The number of carboxylic acid groups (broad SMARTS) is 1. The molecule has 8 heteroatoms. The van der Waals surface area contributed by atoms with Crippen LogP contribution < -0.4 is 14.8 Å². The fourth-order valence-corrected chi connectivity index (χ4v) is 2.78. The Hall–Kier alpha value is -2.87. The molecule has 0 unspecified atom stereocenters. The maximum absolute atomic E-state index is 13.0. The Labute approximate surface area is 163 Å². The Morgan fingerprint density at radius 3 is 2.48 bits per heavy atom. The van der Waals surface area contributed by atoms with E-state index < -0.39 is 11.9 Å². The number of halogens is 2. The van der Waals surface area contributed by atoms with E-state index in [-0.39, 0.29) is 18.1 Å². The number of methoxy groups -OCH3 is 1. The van der Waals surface area contributed by atoms with Gasteiger partial charge in [0.25, 0.3) is 0 Å². The molecule has 1 amide bonds. The third kappa shape index (κ3) is 5.82. The van der Waals surface area contributed by atoms with Crippen LogP contribution in [0.2, 0.25) is 0 Å². The Balaban J connectivity index is 2.29. The van der Waals surface area contributed by atoms with Gasteiger partial charge in [-0.2, -0.15) is 0 Å². The predicted molar refractivity (Wildman–Crippen MR) is 101 cm³/mol. The Morgan fingerprint density at radius 2 is 1.93 bits per heavy atom. The quantitative estimate of drug-likeness (QED) is 0.644. The largest absolute Gasteiger partial charge is 0.493 e. The van der Waals surface area contributed by atoms with Crippen LogP contribution in [-0.4, -0.2) is 24.1 Å². The summed E-state index contributed by atoms with van der Waals surface area (Å²) in [5, 5.41) is 11.4. The highest BCUT2D eigenvalue weighted by Gasteiger charge is 2.14. The lowest BCUT2D eigenvalue weighted by atomic mass is 10.1. The van der Waals surface area contributed by atoms with Crippen LogP contribution in [0.1, 0.15) is 18.1 Å². The molecule has 0 saturated carbocycles. The van der Waals surface area contributed by atoms with Crippen molar-refractivity contribution in [2.45, 2.75) is 13.5 Å². The summed E-state index contributed by atoms with van der Waals surface area (Å²) in [6.07, 6.45) is 1.31. The first-order chi connectivity index (χ1) is 12.8. The average molecular weight is 438 g/mol. The minimum Gasteiger partial charge on any atom is -0.493 e. The number of carboxylic acids is 1. The summed E-state index contributed by atoms with van der Waals surface area (Å²) in [7, 11) is 1.45. The van der Waals surface area contributed by atoms with E-state index in [1.165, 1.54) is 32.2 Å². The number of hydrogen-bond donors (Lipinski definition) is 2. The second kappa shape index (κ2) is 9.18. The first-order valence-corrected chi connectivity index (χ1v) is 8.56. The zero-order valence-corrected chi connectivity index (χ0v) is 16.2. The average Bonchev–Trinajstić information content (AvgIpc) is 2.60. The van der Waals surface area contributed by atoms with Crippen LogP contribution in [0.25, 0.3) is 6.08 Å². The molecule has 27 heavy (non-hydrogen) atoms. The summed E-state index contributed by atoms with van der Waals surface area (Å²) in [5.41, 5.74) is 0.989. The molecule has 0 atom stereocenters. The second-order valence-electron chi connectivity index (χ2n) is 5.49. The van der Waals surface area contributed by atoms with Gasteiger partial charge in [-0.15, -0.1) is 0 Å². The normalized spacial score (nSPS) is 11.0. The van der Waals surface area contributed by atoms with Crippen LogP contribution in [0.4, 0.5) is 4.39 Å². The van der Waals surface area contributed by atoms with Crippen molar-refractivity contribution in [2.24, 2.45) is 0 Å². The third-order valence-corrected chi connectivity index (χ3v) is 3.99. The van der Waals surface area contributed by atoms with Crippen molar-refractivity contribution in [1.82, 2.24) is 5.32 Å². The van der Waals surface area contributed by atoms with Gasteiger partial charge in [-0.1, -0.05) is 12.1 Å². The standard InChI is InChI=1S/C19H17BrFNO5/c1-11(23)22-16(19(24)25)8-13-7-15(20)18(17(9-13)26-2)27-10-12-3-5-14(21)6-4-12/h3-9H,10H2,1-2H3,(H,22,23)(H,24,25). The van der Waals surface area contributed by atoms with Crippen LogP contribution >= 0.6 is 15.9 Å². The van der Waals surface area contributed by atoms with Crippen LogP contribution in [0.3, 0.4) is 0 Å². The van der Waals surface area contributed by atoms with E-state index in [1.54, 1.807) is 24.3 Å². The van der Waals surface area contributed by atoms with Gasteiger partial charge in [0.05, 0.1) is 11.6 Å². The molecule has 0 saturated heterocycles. The number of ether oxygens (including phenoxy) is 2. The van der Waals surface area contributed by atoms with Gasteiger partial charge in [-0.3, -0.25) is 4.79 Å². The van der Waals surface area contributed by atoms with E-state index in [4.69, 9.17) is 9.47 Å². The van der Waals surface area contributed by atoms with E-state index in [0.717, 1.165) is 5.56 Å². The molecule has 0 bridgehead atoms. The topological polar surface area (TPSA) is 84.9 Å². The molecule has 0 spiro atoms. The van der Waals surface area contributed by atoms with Crippen molar-refractivity contribution >= 4 is 33.9 Å². The highest BCUT2D eigenvalue weighted by atomic mass is 79.9. The van der Waals surface area contributed by atoms with E-state index in [1.807, 2.05) is 0 Å². The molecular formula is C19H17BrFNO5. The summed E-state index contributed by atoms with van der Waals surface area (Å²) in [6.45, 7) is 1.41. The smallest absolute Gasteiger partial charge is 0.352 e. The molecule has 0 aliphatic rings. The number of aliphatic carboxylic acids is 1. The van der Waals surface area contributed by atoms with Crippen molar-refractivity contribution in [3.63, 3.8) is 0 Å². The first-order valence-electron chi connectivity index (χ1n) is 7.77. The van der Waals surface area contributed by atoms with Crippen molar-refractivity contribution in [1.29, 1.82) is 0 Å². The van der Waals surface area contributed by atoms with E-state index >= 15 is 0 Å². The zero-order chi connectivity index (χ0) is 20.0. The van der Waals surface area contributed by atoms with Crippen molar-refractivity contribution in [3.8, 4) is 11.5 Å². The summed E-state index contributed by atoms with van der Waals surface area (Å²) in [4.78, 5) is 22.4. The molecule has 2 aromatic rings. The molecule has 0 heterocycles. The molecule has 0 fully saturated rings. The molecular weight excluding hydrogens is 421 g/mol. The van der Waals surface area contributed by atoms with Gasteiger partial charge in [-0.25, -0.2) is 9.18 Å². The Kier molecular flexibility index (Phi) is 6.95. The molecule has 0 radical (unpaired) electrons. The van der Waals surface area contributed by atoms with Gasteiger partial charge in [0.1, 0.15) is 18.1 Å². The summed E-state index contributed by atoms with van der Waals surface area (Å²) < 4.78 is 24.6.